The molecule has 3 rings (SSSR count). The van der Waals surface area contributed by atoms with Crippen molar-refractivity contribution < 1.29 is 9.53 Å². The van der Waals surface area contributed by atoms with E-state index >= 15 is 0 Å². The Balaban J connectivity index is 1.67. The topological polar surface area (TPSA) is 42.4 Å². The van der Waals surface area contributed by atoms with Gasteiger partial charge in [0.1, 0.15) is 22.2 Å². The minimum atomic E-state index is 0.126. The second-order valence-electron chi connectivity index (χ2n) is 5.98. The monoisotopic (exact) mass is 330 g/mol. The summed E-state index contributed by atoms with van der Waals surface area (Å²) < 4.78 is 5.79. The molecule has 4 nitrogen and oxygen atoms in total. The Kier molecular flexibility index (Phi) is 4.96. The van der Waals surface area contributed by atoms with Crippen LogP contribution in [0.4, 0.5) is 0 Å². The van der Waals surface area contributed by atoms with Crippen LogP contribution >= 0.6 is 11.3 Å². The number of likely N-dealkylation sites (tertiary alicyclic amines) is 1. The minimum Gasteiger partial charge on any atom is -0.486 e. The Morgan fingerprint density at radius 1 is 1.26 bits per heavy atom. The Bertz CT molecular complexity index is 690. The minimum absolute atomic E-state index is 0.126. The molecule has 5 heteroatoms. The van der Waals surface area contributed by atoms with E-state index in [0.717, 1.165) is 47.3 Å². The summed E-state index contributed by atoms with van der Waals surface area (Å²) in [5.41, 5.74) is 1.98. The maximum absolute atomic E-state index is 12.6. The van der Waals surface area contributed by atoms with Crippen molar-refractivity contribution in [3.63, 3.8) is 0 Å². The molecule has 0 N–H and O–H groups in total. The zero-order valence-electron chi connectivity index (χ0n) is 13.7. The summed E-state index contributed by atoms with van der Waals surface area (Å²) in [4.78, 5) is 19.8. The molecule has 0 saturated carbocycles. The molecule has 1 saturated heterocycles. The average molecular weight is 330 g/mol. The quantitative estimate of drug-likeness (QED) is 0.852. The van der Waals surface area contributed by atoms with Gasteiger partial charge in [0.15, 0.2) is 0 Å². The van der Waals surface area contributed by atoms with E-state index in [4.69, 9.17) is 4.74 Å². The van der Waals surface area contributed by atoms with Gasteiger partial charge in [-0.05, 0) is 50.8 Å². The molecule has 2 aromatic rings. The number of hydrogen-bond donors (Lipinski definition) is 0. The lowest BCUT2D eigenvalue weighted by atomic mass is 10.1. The van der Waals surface area contributed by atoms with Crippen molar-refractivity contribution in [1.82, 2.24) is 9.88 Å². The number of ether oxygens (including phenoxy) is 1. The van der Waals surface area contributed by atoms with Crippen LogP contribution in [0, 0.1) is 13.8 Å². The molecule has 122 valence electrons. The van der Waals surface area contributed by atoms with Crippen LogP contribution in [0.5, 0.6) is 5.75 Å². The molecule has 2 heterocycles. The third-order valence-corrected chi connectivity index (χ3v) is 5.15. The lowest BCUT2D eigenvalue weighted by Crippen LogP contribution is -2.35. The number of carbonyl (C=O) groups is 1. The van der Waals surface area contributed by atoms with Crippen LogP contribution in [0.3, 0.4) is 0 Å². The number of piperidine rings is 1. The van der Waals surface area contributed by atoms with Gasteiger partial charge in [0, 0.05) is 13.1 Å². The van der Waals surface area contributed by atoms with E-state index in [0.29, 0.717) is 6.61 Å². The van der Waals surface area contributed by atoms with Crippen molar-refractivity contribution in [2.75, 3.05) is 13.1 Å². The van der Waals surface area contributed by atoms with Gasteiger partial charge in [-0.1, -0.05) is 12.1 Å². The van der Waals surface area contributed by atoms with Crippen molar-refractivity contribution >= 4 is 17.2 Å². The molecule has 0 atom stereocenters. The normalized spacial score (nSPS) is 14.8. The highest BCUT2D eigenvalue weighted by Gasteiger charge is 2.22. The van der Waals surface area contributed by atoms with Crippen LogP contribution in [0.1, 0.15) is 45.2 Å². The van der Waals surface area contributed by atoms with Crippen LogP contribution < -0.4 is 4.74 Å². The fourth-order valence-electron chi connectivity index (χ4n) is 2.80. The summed E-state index contributed by atoms with van der Waals surface area (Å²) in [6, 6.07) is 7.95. The van der Waals surface area contributed by atoms with E-state index in [-0.39, 0.29) is 5.91 Å². The molecule has 0 aliphatic carbocycles. The van der Waals surface area contributed by atoms with Crippen LogP contribution in [-0.2, 0) is 6.61 Å². The largest absolute Gasteiger partial charge is 0.486 e. The first-order valence-electron chi connectivity index (χ1n) is 8.08. The Morgan fingerprint density at radius 2 is 2.04 bits per heavy atom. The van der Waals surface area contributed by atoms with Gasteiger partial charge in [-0.25, -0.2) is 4.98 Å². The standard InChI is InChI=1S/C18H22N2O2S/c1-13-7-6-8-15(11-13)22-12-16-19-14(2)17(23-16)18(21)20-9-4-3-5-10-20/h6-8,11H,3-5,9-10,12H2,1-2H3. The lowest BCUT2D eigenvalue weighted by molar-refractivity contribution is 0.0728. The van der Waals surface area contributed by atoms with Crippen molar-refractivity contribution in [3.05, 3.63) is 45.4 Å². The maximum atomic E-state index is 12.6. The molecule has 23 heavy (non-hydrogen) atoms. The highest BCUT2D eigenvalue weighted by Crippen LogP contribution is 2.23. The summed E-state index contributed by atoms with van der Waals surface area (Å²) in [5.74, 6) is 0.961. The molecular weight excluding hydrogens is 308 g/mol. The summed E-state index contributed by atoms with van der Waals surface area (Å²) >= 11 is 1.46. The first-order chi connectivity index (χ1) is 11.1. The Labute approximate surface area is 141 Å². The van der Waals surface area contributed by atoms with Crippen LogP contribution in [0.15, 0.2) is 24.3 Å². The van der Waals surface area contributed by atoms with E-state index in [1.54, 1.807) is 0 Å². The van der Waals surface area contributed by atoms with Crippen molar-refractivity contribution in [3.8, 4) is 5.75 Å². The summed E-state index contributed by atoms with van der Waals surface area (Å²) in [6.07, 6.45) is 3.43. The zero-order valence-corrected chi connectivity index (χ0v) is 14.5. The number of carbonyl (C=O) groups excluding carboxylic acids is 1. The average Bonchev–Trinajstić information content (AvgIpc) is 2.94. The number of benzene rings is 1. The summed E-state index contributed by atoms with van der Waals surface area (Å²) in [7, 11) is 0. The van der Waals surface area contributed by atoms with E-state index in [9.17, 15) is 4.79 Å². The van der Waals surface area contributed by atoms with Crippen molar-refractivity contribution in [2.45, 2.75) is 39.7 Å². The molecule has 1 aromatic heterocycles. The number of hydrogen-bond acceptors (Lipinski definition) is 4. The van der Waals surface area contributed by atoms with E-state index < -0.39 is 0 Å². The number of rotatable bonds is 4. The smallest absolute Gasteiger partial charge is 0.265 e. The van der Waals surface area contributed by atoms with E-state index in [1.165, 1.54) is 23.3 Å². The second kappa shape index (κ2) is 7.13. The molecular formula is C18H22N2O2S. The first kappa shape index (κ1) is 16.0. The molecule has 1 aromatic carbocycles. The summed E-state index contributed by atoms with van der Waals surface area (Å²) in [5, 5.41) is 0.851. The van der Waals surface area contributed by atoms with E-state index in [2.05, 4.69) is 4.98 Å². The molecule has 0 unspecified atom stereocenters. The van der Waals surface area contributed by atoms with Gasteiger partial charge in [-0.15, -0.1) is 11.3 Å². The molecule has 0 radical (unpaired) electrons. The van der Waals surface area contributed by atoms with Crippen LogP contribution in [0.25, 0.3) is 0 Å². The lowest BCUT2D eigenvalue weighted by Gasteiger charge is -2.26. The predicted molar refractivity (Wildman–Crippen MR) is 92.1 cm³/mol. The number of nitrogens with zero attached hydrogens (tertiary/aromatic N) is 2. The van der Waals surface area contributed by atoms with Gasteiger partial charge in [0.05, 0.1) is 5.69 Å². The fourth-order valence-corrected chi connectivity index (χ4v) is 3.75. The Hall–Kier alpha value is -1.88. The van der Waals surface area contributed by atoms with Crippen LogP contribution in [0.2, 0.25) is 0 Å². The highest BCUT2D eigenvalue weighted by molar-refractivity contribution is 7.13. The SMILES string of the molecule is Cc1cccc(OCc2nc(C)c(C(=O)N3CCCCC3)s2)c1. The van der Waals surface area contributed by atoms with Gasteiger partial charge >= 0.3 is 0 Å². The molecule has 1 fully saturated rings. The fraction of sp³-hybridized carbons (Fsp3) is 0.444. The first-order valence-corrected chi connectivity index (χ1v) is 8.90. The van der Waals surface area contributed by atoms with Gasteiger partial charge in [0.2, 0.25) is 0 Å². The van der Waals surface area contributed by atoms with Gasteiger partial charge in [-0.2, -0.15) is 0 Å². The third-order valence-electron chi connectivity index (χ3n) is 4.03. The predicted octanol–water partition coefficient (Wildman–Crippen LogP) is 3.97. The van der Waals surface area contributed by atoms with E-state index in [1.807, 2.05) is 43.0 Å². The van der Waals surface area contributed by atoms with Gasteiger partial charge in [0.25, 0.3) is 5.91 Å². The molecule has 1 aliphatic heterocycles. The molecule has 0 spiro atoms. The maximum Gasteiger partial charge on any atom is 0.265 e. The highest BCUT2D eigenvalue weighted by atomic mass is 32.1. The molecule has 1 amide bonds. The third kappa shape index (κ3) is 3.91. The Morgan fingerprint density at radius 3 is 2.78 bits per heavy atom. The van der Waals surface area contributed by atoms with Gasteiger partial charge in [-0.3, -0.25) is 4.79 Å². The molecule has 1 aliphatic rings. The van der Waals surface area contributed by atoms with Crippen LogP contribution in [-0.4, -0.2) is 28.9 Å². The second-order valence-corrected chi connectivity index (χ2v) is 7.06. The van der Waals surface area contributed by atoms with Gasteiger partial charge < -0.3 is 9.64 Å². The van der Waals surface area contributed by atoms with Crippen molar-refractivity contribution in [2.24, 2.45) is 0 Å². The zero-order chi connectivity index (χ0) is 16.2. The number of aromatic nitrogens is 1. The van der Waals surface area contributed by atoms with Crippen molar-refractivity contribution in [1.29, 1.82) is 0 Å². The number of aryl methyl sites for hydroxylation is 2. The summed E-state index contributed by atoms with van der Waals surface area (Å²) in [6.45, 7) is 6.08. The number of thiazole rings is 1. The molecule has 0 bridgehead atoms. The number of amides is 1.